The van der Waals surface area contributed by atoms with Crippen molar-refractivity contribution in [1.82, 2.24) is 0 Å². The number of rotatable bonds is 6. The van der Waals surface area contributed by atoms with E-state index in [2.05, 4.69) is 0 Å². The highest BCUT2D eigenvalue weighted by molar-refractivity contribution is 5.76. The third-order valence-electron chi connectivity index (χ3n) is 3.37. The van der Waals surface area contributed by atoms with Crippen LogP contribution in [0.5, 0.6) is 0 Å². The lowest BCUT2D eigenvalue weighted by Crippen LogP contribution is -2.15. The summed E-state index contributed by atoms with van der Waals surface area (Å²) in [6.45, 7) is -0.724. The molecule has 128 valence electrons. The molecule has 0 amide bonds. The summed E-state index contributed by atoms with van der Waals surface area (Å²) in [5, 5.41) is 34.9. The van der Waals surface area contributed by atoms with Crippen LogP contribution >= 0.6 is 0 Å². The predicted octanol–water partition coefficient (Wildman–Crippen LogP) is 1.69. The van der Waals surface area contributed by atoms with E-state index >= 15 is 0 Å². The fourth-order valence-electron chi connectivity index (χ4n) is 2.02. The van der Waals surface area contributed by atoms with E-state index in [1.165, 1.54) is 0 Å². The minimum Gasteiger partial charge on any atom is -0.481 e. The van der Waals surface area contributed by atoms with Crippen molar-refractivity contribution in [2.45, 2.75) is 11.8 Å². The zero-order valence-corrected chi connectivity index (χ0v) is 12.9. The number of hydrogen-bond donors (Lipinski definition) is 4. The second-order valence-corrected chi connectivity index (χ2v) is 4.97. The standard InChI is InChI=1S/2C9H10O3/c2*10-6-8(9(11)12)7-4-2-1-3-5-7/h2*1-5,8,10H,6H2,(H,11,12). The van der Waals surface area contributed by atoms with Gasteiger partial charge in [-0.25, -0.2) is 0 Å². The number of carboxylic acid groups (broad SMARTS) is 2. The summed E-state index contributed by atoms with van der Waals surface area (Å²) in [5.41, 5.74) is 1.26. The van der Waals surface area contributed by atoms with Crippen LogP contribution in [0.4, 0.5) is 0 Å². The van der Waals surface area contributed by atoms with Crippen molar-refractivity contribution >= 4 is 11.9 Å². The Labute approximate surface area is 139 Å². The van der Waals surface area contributed by atoms with Crippen molar-refractivity contribution in [1.29, 1.82) is 0 Å². The predicted molar refractivity (Wildman–Crippen MR) is 87.8 cm³/mol. The third kappa shape index (κ3) is 5.83. The van der Waals surface area contributed by atoms with Crippen LogP contribution < -0.4 is 0 Å². The summed E-state index contributed by atoms with van der Waals surface area (Å²) in [7, 11) is 0. The van der Waals surface area contributed by atoms with Gasteiger partial charge >= 0.3 is 11.9 Å². The van der Waals surface area contributed by atoms with E-state index in [-0.39, 0.29) is 13.2 Å². The molecule has 6 heteroatoms. The van der Waals surface area contributed by atoms with Gasteiger partial charge in [-0.3, -0.25) is 9.59 Å². The van der Waals surface area contributed by atoms with Crippen molar-refractivity contribution in [2.24, 2.45) is 0 Å². The van der Waals surface area contributed by atoms with Gasteiger partial charge in [0.05, 0.1) is 13.2 Å². The van der Waals surface area contributed by atoms with Crippen molar-refractivity contribution in [3.8, 4) is 0 Å². The van der Waals surface area contributed by atoms with E-state index in [1.807, 2.05) is 0 Å². The molecule has 0 aliphatic carbocycles. The molecule has 2 aromatic rings. The first kappa shape index (κ1) is 19.3. The molecule has 0 aliphatic heterocycles. The molecule has 0 spiro atoms. The van der Waals surface area contributed by atoms with Crippen LogP contribution in [0.3, 0.4) is 0 Å². The Morgan fingerprint density at radius 1 is 0.667 bits per heavy atom. The quantitative estimate of drug-likeness (QED) is 0.640. The van der Waals surface area contributed by atoms with Crippen molar-refractivity contribution in [3.05, 3.63) is 71.8 Å². The molecule has 0 saturated carbocycles. The number of aliphatic hydroxyl groups excluding tert-OH is 2. The number of carbonyl (C=O) groups is 2. The fourth-order valence-corrected chi connectivity index (χ4v) is 2.02. The average Bonchev–Trinajstić information content (AvgIpc) is 2.58. The Balaban J connectivity index is 0.000000240. The number of aliphatic hydroxyl groups is 2. The van der Waals surface area contributed by atoms with Gasteiger partial charge in [0.2, 0.25) is 0 Å². The lowest BCUT2D eigenvalue weighted by Gasteiger charge is -2.07. The highest BCUT2D eigenvalue weighted by atomic mass is 16.4. The van der Waals surface area contributed by atoms with Gasteiger partial charge in [-0.05, 0) is 11.1 Å². The molecule has 2 atom stereocenters. The summed E-state index contributed by atoms with van der Waals surface area (Å²) < 4.78 is 0. The van der Waals surface area contributed by atoms with E-state index in [4.69, 9.17) is 20.4 Å². The van der Waals surface area contributed by atoms with E-state index in [0.29, 0.717) is 11.1 Å². The molecule has 0 radical (unpaired) electrons. The second kappa shape index (κ2) is 10.1. The molecule has 0 aromatic heterocycles. The molecule has 24 heavy (non-hydrogen) atoms. The van der Waals surface area contributed by atoms with Crippen molar-refractivity contribution < 1.29 is 30.0 Å². The molecule has 0 heterocycles. The normalized spacial score (nSPS) is 12.4. The molecule has 0 fully saturated rings. The van der Waals surface area contributed by atoms with Gasteiger partial charge in [0.25, 0.3) is 0 Å². The maximum absolute atomic E-state index is 10.6. The monoisotopic (exact) mass is 332 g/mol. The smallest absolute Gasteiger partial charge is 0.313 e. The second-order valence-electron chi connectivity index (χ2n) is 4.97. The van der Waals surface area contributed by atoms with Crippen LogP contribution in [0.1, 0.15) is 23.0 Å². The largest absolute Gasteiger partial charge is 0.481 e. The highest BCUT2D eigenvalue weighted by Gasteiger charge is 2.18. The molecule has 4 N–H and O–H groups in total. The Morgan fingerprint density at radius 2 is 0.958 bits per heavy atom. The van der Waals surface area contributed by atoms with Crippen LogP contribution in [-0.4, -0.2) is 45.6 Å². The number of aliphatic carboxylic acids is 2. The van der Waals surface area contributed by atoms with Crippen LogP contribution in [0.15, 0.2) is 60.7 Å². The fraction of sp³-hybridized carbons (Fsp3) is 0.222. The molecular weight excluding hydrogens is 312 g/mol. The maximum atomic E-state index is 10.6. The number of carboxylic acids is 2. The minimum atomic E-state index is -0.997. The summed E-state index contributed by atoms with van der Waals surface area (Å²) in [5.74, 6) is -3.59. The molecule has 6 nitrogen and oxygen atoms in total. The zero-order chi connectivity index (χ0) is 17.9. The topological polar surface area (TPSA) is 115 Å². The Hall–Kier alpha value is -2.70. The van der Waals surface area contributed by atoms with Crippen molar-refractivity contribution in [2.75, 3.05) is 13.2 Å². The van der Waals surface area contributed by atoms with Gasteiger partial charge in [-0.2, -0.15) is 0 Å². The molecule has 2 aromatic carbocycles. The first-order valence-electron chi connectivity index (χ1n) is 7.28. The van der Waals surface area contributed by atoms with Gasteiger partial charge in [-0.1, -0.05) is 60.7 Å². The first-order chi connectivity index (χ1) is 11.5. The lowest BCUT2D eigenvalue weighted by atomic mass is 10.0. The third-order valence-corrected chi connectivity index (χ3v) is 3.37. The highest BCUT2D eigenvalue weighted by Crippen LogP contribution is 2.15. The van der Waals surface area contributed by atoms with E-state index in [1.54, 1.807) is 60.7 Å². The molecule has 2 rings (SSSR count). The Kier molecular flexibility index (Phi) is 8.18. The van der Waals surface area contributed by atoms with E-state index in [0.717, 1.165) is 0 Å². The lowest BCUT2D eigenvalue weighted by molar-refractivity contribution is -0.140. The van der Waals surface area contributed by atoms with E-state index < -0.39 is 23.8 Å². The van der Waals surface area contributed by atoms with E-state index in [9.17, 15) is 9.59 Å². The van der Waals surface area contributed by atoms with Gasteiger partial charge in [-0.15, -0.1) is 0 Å². The zero-order valence-electron chi connectivity index (χ0n) is 12.9. The van der Waals surface area contributed by atoms with Gasteiger partial charge in [0.15, 0.2) is 0 Å². The molecular formula is C18H20O6. The van der Waals surface area contributed by atoms with Crippen LogP contribution in [-0.2, 0) is 9.59 Å². The van der Waals surface area contributed by atoms with Gasteiger partial charge < -0.3 is 20.4 Å². The number of benzene rings is 2. The summed E-state index contributed by atoms with van der Waals surface area (Å²) >= 11 is 0. The molecule has 0 aliphatic rings. The first-order valence-corrected chi connectivity index (χ1v) is 7.28. The molecule has 2 unspecified atom stereocenters. The minimum absolute atomic E-state index is 0.362. The average molecular weight is 332 g/mol. The van der Waals surface area contributed by atoms with Crippen LogP contribution in [0.25, 0.3) is 0 Å². The molecule has 0 saturated heterocycles. The SMILES string of the molecule is O=C(O)C(CO)c1ccccc1.O=C(O)C(CO)c1ccccc1. The summed E-state index contributed by atoms with van der Waals surface area (Å²) in [6.07, 6.45) is 0. The Morgan fingerprint density at radius 3 is 1.17 bits per heavy atom. The van der Waals surface area contributed by atoms with Crippen LogP contribution in [0, 0.1) is 0 Å². The maximum Gasteiger partial charge on any atom is 0.313 e. The summed E-state index contributed by atoms with van der Waals surface area (Å²) in [6, 6.07) is 17.4. The van der Waals surface area contributed by atoms with Gasteiger partial charge in [0, 0.05) is 0 Å². The number of hydrogen-bond acceptors (Lipinski definition) is 4. The Bertz CT molecular complexity index is 569. The van der Waals surface area contributed by atoms with Gasteiger partial charge in [0.1, 0.15) is 11.8 Å². The summed E-state index contributed by atoms with van der Waals surface area (Å²) in [4.78, 5) is 21.1. The van der Waals surface area contributed by atoms with Crippen LogP contribution in [0.2, 0.25) is 0 Å². The van der Waals surface area contributed by atoms with Crippen molar-refractivity contribution in [3.63, 3.8) is 0 Å². The molecule has 0 bridgehead atoms.